The molecule has 1 N–H and O–H groups in total. The van der Waals surface area contributed by atoms with Crippen molar-refractivity contribution in [3.8, 4) is 0 Å². The van der Waals surface area contributed by atoms with Gasteiger partial charge < -0.3 is 0 Å². The molecule has 3 amide bonds. The van der Waals surface area contributed by atoms with Gasteiger partial charge in [-0.25, -0.2) is 0 Å². The van der Waals surface area contributed by atoms with Crippen LogP contribution in [0.2, 0.25) is 0 Å². The molecule has 0 aromatic rings. The molecule has 7 heteroatoms. The molecule has 69 valence electrons. The Morgan fingerprint density at radius 1 is 1.69 bits per heavy atom. The van der Waals surface area contributed by atoms with Gasteiger partial charge in [-0.05, 0) is 0 Å². The topological polar surface area (TPSA) is 65.0 Å². The van der Waals surface area contributed by atoms with E-state index in [4.69, 9.17) is 7.64 Å². The molecule has 13 heavy (non-hydrogen) atoms. The van der Waals surface area contributed by atoms with Crippen molar-refractivity contribution in [2.75, 3.05) is 26.7 Å². The van der Waals surface area contributed by atoms with Crippen LogP contribution in [-0.4, -0.2) is 56.2 Å². The van der Waals surface area contributed by atoms with Gasteiger partial charge in [-0.2, -0.15) is 0 Å². The van der Waals surface area contributed by atoms with Crippen LogP contribution >= 0.6 is 0 Å². The maximum atomic E-state index is 11.2. The molecule has 1 rings (SSSR count). The predicted octanol–water partition coefficient (Wildman–Crippen LogP) is -1.26. The zero-order valence-corrected chi connectivity index (χ0v) is 7.36. The van der Waals surface area contributed by atoms with Gasteiger partial charge in [0.1, 0.15) is 0 Å². The van der Waals surface area contributed by atoms with E-state index in [-0.39, 0.29) is 18.5 Å². The summed E-state index contributed by atoms with van der Waals surface area (Å²) in [5, 5.41) is 1.22. The summed E-state index contributed by atoms with van der Waals surface area (Å²) >= 11 is 0. The van der Waals surface area contributed by atoms with Crippen LogP contribution in [0.15, 0.2) is 4.90 Å². The molecular weight excluding hydrogens is 171 g/mol. The first-order valence-corrected chi connectivity index (χ1v) is 3.84. The quantitative estimate of drug-likeness (QED) is 0.540. The molecule has 1 saturated heterocycles. The molecule has 1 radical (unpaired) electrons. The van der Waals surface area contributed by atoms with Crippen LogP contribution in [0, 0.1) is 0 Å². The number of hydrogen-bond donors (Lipinski definition) is 1. The first-order chi connectivity index (χ1) is 6.15. The van der Waals surface area contributed by atoms with Gasteiger partial charge in [0, 0.05) is 0 Å². The molecule has 0 saturated carbocycles. The average molecular weight is 181 g/mol. The van der Waals surface area contributed by atoms with Gasteiger partial charge in [-0.15, -0.1) is 0 Å². The summed E-state index contributed by atoms with van der Waals surface area (Å²) in [5.74, 6) is -0.302. The van der Waals surface area contributed by atoms with E-state index in [1.165, 1.54) is 9.91 Å². The van der Waals surface area contributed by atoms with Gasteiger partial charge in [0.15, 0.2) is 0 Å². The summed E-state index contributed by atoms with van der Waals surface area (Å²) in [6, 6.07) is -0.295. The van der Waals surface area contributed by atoms with Crippen molar-refractivity contribution >= 4 is 19.6 Å². The number of rotatable bonds is 2. The minimum atomic E-state index is -0.302. The third-order valence-corrected chi connectivity index (χ3v) is 1.76. The fourth-order valence-electron chi connectivity index (χ4n) is 0.959. The van der Waals surface area contributed by atoms with Crippen molar-refractivity contribution in [2.24, 2.45) is 4.90 Å². The Morgan fingerprint density at radius 2 is 2.38 bits per heavy atom. The number of likely N-dealkylation sites (N-methyl/N-ethyl adjacent to an activating group) is 1. The summed E-state index contributed by atoms with van der Waals surface area (Å²) < 4.78 is 0. The monoisotopic (exact) mass is 181 g/mol. The third-order valence-electron chi connectivity index (χ3n) is 1.76. The van der Waals surface area contributed by atoms with Gasteiger partial charge in [0.2, 0.25) is 0 Å². The number of nitrogens with one attached hydrogen (secondary N) is 1. The summed E-state index contributed by atoms with van der Waals surface area (Å²) in [6.07, 6.45) is 0. The molecule has 6 nitrogen and oxygen atoms in total. The van der Waals surface area contributed by atoms with E-state index in [2.05, 4.69) is 10.3 Å². The van der Waals surface area contributed by atoms with E-state index in [0.29, 0.717) is 13.1 Å². The molecule has 0 spiro atoms. The second-order valence-corrected chi connectivity index (χ2v) is 2.72. The zero-order valence-electron chi connectivity index (χ0n) is 7.36. The second kappa shape index (κ2) is 4.02. The summed E-state index contributed by atoms with van der Waals surface area (Å²) in [5.41, 5.74) is 2.41. The number of hydrogen-bond acceptors (Lipinski definition) is 3. The van der Waals surface area contributed by atoms with E-state index in [0.717, 1.165) is 0 Å². The molecule has 1 heterocycles. The molecule has 1 aliphatic rings. The van der Waals surface area contributed by atoms with Crippen molar-refractivity contribution in [1.82, 2.24) is 15.3 Å². The fraction of sp³-hybridized carbons (Fsp3) is 0.667. The number of urea groups is 1. The molecular formula is C6H10BN4O2. The summed E-state index contributed by atoms with van der Waals surface area (Å²) in [6.45, 7) is 0.864. The Kier molecular flexibility index (Phi) is 3.00. The van der Waals surface area contributed by atoms with Crippen molar-refractivity contribution < 1.29 is 9.59 Å². The second-order valence-electron chi connectivity index (χ2n) is 2.72. The molecule has 0 aromatic carbocycles. The van der Waals surface area contributed by atoms with Crippen molar-refractivity contribution in [1.29, 1.82) is 0 Å². The van der Waals surface area contributed by atoms with Gasteiger partial charge in [0.05, 0.1) is 0 Å². The average Bonchev–Trinajstić information content (AvgIpc) is 2.10. The fourth-order valence-corrected chi connectivity index (χ4v) is 0.959. The van der Waals surface area contributed by atoms with Crippen molar-refractivity contribution in [2.45, 2.75) is 0 Å². The van der Waals surface area contributed by atoms with Crippen LogP contribution < -0.4 is 5.43 Å². The molecule has 0 atom stereocenters. The Bertz CT molecular complexity index is 245. The molecule has 0 unspecified atom stereocenters. The van der Waals surface area contributed by atoms with E-state index in [1.807, 2.05) is 0 Å². The third kappa shape index (κ3) is 2.27. The van der Waals surface area contributed by atoms with Crippen LogP contribution in [-0.2, 0) is 4.79 Å². The SMILES string of the molecule is [B]=NCC(=O)N1CCN(C)C(=O)N1. The Hall–Kier alpha value is -1.40. The molecule has 0 aromatic heterocycles. The first kappa shape index (κ1) is 9.69. The van der Waals surface area contributed by atoms with Crippen LogP contribution in [0.3, 0.4) is 0 Å². The molecule has 1 fully saturated rings. The molecule has 0 aliphatic carbocycles. The molecule has 0 bridgehead atoms. The van der Waals surface area contributed by atoms with Crippen LogP contribution in [0.1, 0.15) is 0 Å². The van der Waals surface area contributed by atoms with E-state index in [1.54, 1.807) is 7.05 Å². The number of hydrazine groups is 1. The Morgan fingerprint density at radius 3 is 2.92 bits per heavy atom. The number of nitrogens with zero attached hydrogens (tertiary/aromatic N) is 3. The summed E-state index contributed by atoms with van der Waals surface area (Å²) in [7, 11) is 6.51. The normalized spacial score (nSPS) is 16.8. The number of carbonyl (C=O) groups excluding carboxylic acids is 2. The standard InChI is InChI=1S/C6H10BN4O2/c1-10-2-3-11(9-6(10)13)5(12)4-8-7/h2-4H2,1H3,(H,9,13). The van der Waals surface area contributed by atoms with Gasteiger partial charge >= 0.3 is 76.1 Å². The van der Waals surface area contributed by atoms with Gasteiger partial charge in [0.25, 0.3) is 0 Å². The Labute approximate surface area is 77.0 Å². The van der Waals surface area contributed by atoms with E-state index >= 15 is 0 Å². The van der Waals surface area contributed by atoms with Crippen LogP contribution in [0.25, 0.3) is 0 Å². The number of amides is 3. The zero-order chi connectivity index (χ0) is 9.84. The van der Waals surface area contributed by atoms with E-state index in [9.17, 15) is 9.59 Å². The van der Waals surface area contributed by atoms with Gasteiger partial charge in [-0.1, -0.05) is 0 Å². The first-order valence-electron chi connectivity index (χ1n) is 3.84. The summed E-state index contributed by atoms with van der Waals surface area (Å²) in [4.78, 5) is 26.9. The van der Waals surface area contributed by atoms with Crippen LogP contribution in [0.4, 0.5) is 4.79 Å². The van der Waals surface area contributed by atoms with Crippen molar-refractivity contribution in [3.05, 3.63) is 0 Å². The minimum absolute atomic E-state index is 0.107. The molecule has 1 aliphatic heterocycles. The van der Waals surface area contributed by atoms with E-state index < -0.39 is 0 Å². The van der Waals surface area contributed by atoms with Crippen LogP contribution in [0.5, 0.6) is 0 Å². The maximum absolute atomic E-state index is 11.2. The van der Waals surface area contributed by atoms with Crippen molar-refractivity contribution in [3.63, 3.8) is 0 Å². The Balaban J connectivity index is 2.50. The van der Waals surface area contributed by atoms with Gasteiger partial charge in [-0.3, -0.25) is 0 Å². The predicted molar refractivity (Wildman–Crippen MR) is 45.9 cm³/mol. The number of carbonyl (C=O) groups is 2.